The summed E-state index contributed by atoms with van der Waals surface area (Å²) in [4.78, 5) is 34.2. The van der Waals surface area contributed by atoms with Gasteiger partial charge in [-0.1, -0.05) is 25.4 Å². The fourth-order valence-corrected chi connectivity index (χ4v) is 1.54. The van der Waals surface area contributed by atoms with Crippen LogP contribution >= 0.6 is 11.6 Å². The Kier molecular flexibility index (Phi) is 10.2. The molecule has 0 spiro atoms. The van der Waals surface area contributed by atoms with Gasteiger partial charge in [0, 0.05) is 43.1 Å². The zero-order chi connectivity index (χ0) is 17.9. The van der Waals surface area contributed by atoms with E-state index in [2.05, 4.69) is 16.0 Å². The van der Waals surface area contributed by atoms with Crippen LogP contribution in [-0.2, 0) is 14.4 Å². The average Bonchev–Trinajstić information content (AvgIpc) is 2.50. The number of carbonyl (C=O) groups is 3. The Balaban J connectivity index is 3.86. The highest BCUT2D eigenvalue weighted by molar-refractivity contribution is 6.26. The van der Waals surface area contributed by atoms with E-state index in [1.165, 1.54) is 0 Å². The lowest BCUT2D eigenvalue weighted by Gasteiger charge is -2.27. The molecule has 0 bridgehead atoms. The summed E-state index contributed by atoms with van der Waals surface area (Å²) in [6.45, 7) is 3.32. The molecular formula is C14H24ClN3O5. The zero-order valence-electron chi connectivity index (χ0n) is 13.3. The van der Waals surface area contributed by atoms with Crippen molar-refractivity contribution in [2.75, 3.05) is 26.2 Å². The van der Waals surface area contributed by atoms with Gasteiger partial charge in [-0.05, 0) is 0 Å². The molecule has 0 saturated heterocycles. The highest BCUT2D eigenvalue weighted by Crippen LogP contribution is 2.19. The summed E-state index contributed by atoms with van der Waals surface area (Å²) in [6.07, 6.45) is -0.174. The maximum atomic E-state index is 11.7. The van der Waals surface area contributed by atoms with Gasteiger partial charge in [-0.25, -0.2) is 0 Å². The SMILES string of the molecule is CC(C)(CO)[C@@H](O)C(=O)NCCC(=O)NCCNC(=O)/C=C/Cl. The fourth-order valence-electron chi connectivity index (χ4n) is 1.43. The number of halogens is 1. The van der Waals surface area contributed by atoms with Crippen LogP contribution in [0.3, 0.4) is 0 Å². The number of carbonyl (C=O) groups excluding carboxylic acids is 3. The molecule has 0 saturated carbocycles. The first kappa shape index (κ1) is 21.4. The molecule has 0 aromatic heterocycles. The molecule has 9 heteroatoms. The standard InChI is InChI=1S/C14H24ClN3O5/c1-14(2,9-19)12(22)13(23)18-6-4-11(21)17-8-7-16-10(20)3-5-15/h3,5,12,19,22H,4,6-9H2,1-2H3,(H,16,20)(H,17,21)(H,18,23)/b5-3+/t12-/m0/s1. The zero-order valence-corrected chi connectivity index (χ0v) is 14.0. The molecule has 0 aromatic carbocycles. The Hall–Kier alpha value is -1.64. The number of nitrogens with one attached hydrogen (secondary N) is 3. The highest BCUT2D eigenvalue weighted by Gasteiger charge is 2.32. The summed E-state index contributed by atoms with van der Waals surface area (Å²) in [6, 6.07) is 0. The van der Waals surface area contributed by atoms with E-state index < -0.39 is 17.4 Å². The lowest BCUT2D eigenvalue weighted by molar-refractivity contribution is -0.137. The summed E-state index contributed by atoms with van der Waals surface area (Å²) in [5.41, 5.74) is 0.130. The molecule has 3 amide bonds. The van der Waals surface area contributed by atoms with Gasteiger partial charge in [-0.3, -0.25) is 14.4 Å². The van der Waals surface area contributed by atoms with E-state index in [1.807, 2.05) is 0 Å². The lowest BCUT2D eigenvalue weighted by Crippen LogP contribution is -2.46. The molecule has 0 aromatic rings. The summed E-state index contributed by atoms with van der Waals surface area (Å²) in [5, 5.41) is 26.3. The first-order valence-electron chi connectivity index (χ1n) is 7.12. The Labute approximate surface area is 140 Å². The van der Waals surface area contributed by atoms with Crippen LogP contribution in [0, 0.1) is 5.41 Å². The third-order valence-electron chi connectivity index (χ3n) is 3.01. The number of rotatable bonds is 10. The predicted molar refractivity (Wildman–Crippen MR) is 85.5 cm³/mol. The molecule has 0 heterocycles. The van der Waals surface area contributed by atoms with Crippen LogP contribution in [-0.4, -0.2) is 60.3 Å². The van der Waals surface area contributed by atoms with Gasteiger partial charge in [0.1, 0.15) is 6.10 Å². The smallest absolute Gasteiger partial charge is 0.249 e. The van der Waals surface area contributed by atoms with Crippen LogP contribution in [0.2, 0.25) is 0 Å². The van der Waals surface area contributed by atoms with Crippen LogP contribution < -0.4 is 16.0 Å². The van der Waals surface area contributed by atoms with E-state index in [9.17, 15) is 19.5 Å². The number of hydrogen-bond acceptors (Lipinski definition) is 5. The van der Waals surface area contributed by atoms with Gasteiger partial charge in [0.25, 0.3) is 0 Å². The molecule has 0 aliphatic carbocycles. The van der Waals surface area contributed by atoms with Gasteiger partial charge in [0.15, 0.2) is 0 Å². The van der Waals surface area contributed by atoms with Crippen LogP contribution in [0.25, 0.3) is 0 Å². The van der Waals surface area contributed by atoms with E-state index in [0.717, 1.165) is 11.6 Å². The van der Waals surface area contributed by atoms with Crippen LogP contribution in [0.5, 0.6) is 0 Å². The van der Waals surface area contributed by atoms with Gasteiger partial charge in [0.05, 0.1) is 6.61 Å². The minimum atomic E-state index is -1.36. The van der Waals surface area contributed by atoms with Crippen LogP contribution in [0.1, 0.15) is 20.3 Å². The number of amides is 3. The van der Waals surface area contributed by atoms with E-state index in [1.54, 1.807) is 13.8 Å². The van der Waals surface area contributed by atoms with E-state index >= 15 is 0 Å². The quantitative estimate of drug-likeness (QED) is 0.251. The summed E-state index contributed by atoms with van der Waals surface area (Å²) < 4.78 is 0. The van der Waals surface area contributed by atoms with Crippen molar-refractivity contribution < 1.29 is 24.6 Å². The molecule has 0 fully saturated rings. The number of aliphatic hydroxyl groups excluding tert-OH is 2. The molecule has 132 valence electrons. The van der Waals surface area contributed by atoms with Gasteiger partial charge in [0.2, 0.25) is 17.7 Å². The van der Waals surface area contributed by atoms with Gasteiger partial charge in [-0.15, -0.1) is 0 Å². The molecule has 5 N–H and O–H groups in total. The monoisotopic (exact) mass is 349 g/mol. The minimum Gasteiger partial charge on any atom is -0.396 e. The van der Waals surface area contributed by atoms with Crippen LogP contribution in [0.15, 0.2) is 11.6 Å². The fraction of sp³-hybridized carbons (Fsp3) is 0.643. The molecule has 0 aliphatic heterocycles. The Morgan fingerprint density at radius 3 is 2.30 bits per heavy atom. The van der Waals surface area contributed by atoms with Crippen molar-refractivity contribution in [3.8, 4) is 0 Å². The summed E-state index contributed by atoms with van der Waals surface area (Å²) in [7, 11) is 0. The largest absolute Gasteiger partial charge is 0.396 e. The van der Waals surface area contributed by atoms with E-state index in [0.29, 0.717) is 0 Å². The van der Waals surface area contributed by atoms with Gasteiger partial charge in [-0.2, -0.15) is 0 Å². The maximum absolute atomic E-state index is 11.7. The Morgan fingerprint density at radius 2 is 1.74 bits per heavy atom. The van der Waals surface area contributed by atoms with Crippen molar-refractivity contribution in [1.29, 1.82) is 0 Å². The lowest BCUT2D eigenvalue weighted by atomic mass is 9.87. The minimum absolute atomic E-state index is 0.0353. The van der Waals surface area contributed by atoms with Crippen LogP contribution in [0.4, 0.5) is 0 Å². The van der Waals surface area contributed by atoms with E-state index in [-0.39, 0.29) is 44.5 Å². The summed E-state index contributed by atoms with van der Waals surface area (Å²) >= 11 is 5.22. The molecule has 1 atom stereocenters. The Morgan fingerprint density at radius 1 is 1.13 bits per heavy atom. The molecule has 0 aliphatic rings. The number of aliphatic hydroxyl groups is 2. The Bertz CT molecular complexity index is 440. The normalized spacial score (nSPS) is 12.7. The van der Waals surface area contributed by atoms with Crippen molar-refractivity contribution >= 4 is 29.3 Å². The summed E-state index contributed by atoms with van der Waals surface area (Å²) in [5.74, 6) is -1.30. The van der Waals surface area contributed by atoms with Crippen molar-refractivity contribution in [2.24, 2.45) is 5.41 Å². The maximum Gasteiger partial charge on any atom is 0.249 e. The molecule has 8 nitrogen and oxygen atoms in total. The molecule has 0 rings (SSSR count). The molecular weight excluding hydrogens is 326 g/mol. The van der Waals surface area contributed by atoms with Crippen molar-refractivity contribution in [1.82, 2.24) is 16.0 Å². The molecule has 0 unspecified atom stereocenters. The number of hydrogen-bond donors (Lipinski definition) is 5. The highest BCUT2D eigenvalue weighted by atomic mass is 35.5. The second-order valence-electron chi connectivity index (χ2n) is 5.52. The second kappa shape index (κ2) is 11.0. The van der Waals surface area contributed by atoms with Crippen molar-refractivity contribution in [3.05, 3.63) is 11.6 Å². The van der Waals surface area contributed by atoms with Crippen molar-refractivity contribution in [3.63, 3.8) is 0 Å². The second-order valence-corrected chi connectivity index (χ2v) is 5.78. The van der Waals surface area contributed by atoms with Gasteiger partial charge < -0.3 is 26.2 Å². The third-order valence-corrected chi connectivity index (χ3v) is 3.13. The topological polar surface area (TPSA) is 128 Å². The molecule has 0 radical (unpaired) electrons. The van der Waals surface area contributed by atoms with Gasteiger partial charge >= 0.3 is 0 Å². The third kappa shape index (κ3) is 9.17. The first-order valence-corrected chi connectivity index (χ1v) is 7.56. The predicted octanol–water partition coefficient (Wildman–Crippen LogP) is -1.14. The van der Waals surface area contributed by atoms with E-state index in [4.69, 9.17) is 16.7 Å². The van der Waals surface area contributed by atoms with Crippen molar-refractivity contribution in [2.45, 2.75) is 26.4 Å². The average molecular weight is 350 g/mol. The molecule has 23 heavy (non-hydrogen) atoms. The first-order chi connectivity index (χ1) is 10.7.